The van der Waals surface area contributed by atoms with Crippen molar-refractivity contribution in [2.45, 2.75) is 12.6 Å². The van der Waals surface area contributed by atoms with Gasteiger partial charge in [0.1, 0.15) is 18.2 Å². The summed E-state index contributed by atoms with van der Waals surface area (Å²) in [6.07, 6.45) is 3.35. The Morgan fingerprint density at radius 3 is 2.92 bits per heavy atom. The molecule has 1 unspecified atom stereocenters. The van der Waals surface area contributed by atoms with Crippen LogP contribution in [0.5, 0.6) is 0 Å². The van der Waals surface area contributed by atoms with E-state index in [9.17, 15) is 0 Å². The van der Waals surface area contributed by atoms with Crippen LogP contribution >= 0.6 is 0 Å². The summed E-state index contributed by atoms with van der Waals surface area (Å²) >= 11 is 0. The van der Waals surface area contributed by atoms with Gasteiger partial charge in [-0.05, 0) is 5.56 Å². The number of hydrogen-bond acceptors (Lipinski definition) is 6. The van der Waals surface area contributed by atoms with Gasteiger partial charge in [0.2, 0.25) is 0 Å². The summed E-state index contributed by atoms with van der Waals surface area (Å²) in [5, 5.41) is 14.4. The summed E-state index contributed by atoms with van der Waals surface area (Å²) in [5.74, 6) is 0.869. The molecule has 4 rings (SSSR count). The minimum absolute atomic E-state index is 0.0254. The van der Waals surface area contributed by atoms with Crippen LogP contribution in [0, 0.1) is 0 Å². The van der Waals surface area contributed by atoms with Crippen molar-refractivity contribution >= 4 is 16.9 Å². The van der Waals surface area contributed by atoms with Crippen molar-refractivity contribution in [1.29, 1.82) is 0 Å². The maximum Gasteiger partial charge on any atom is 0.163 e. The number of ether oxygens (including phenoxy) is 1. The van der Waals surface area contributed by atoms with Gasteiger partial charge in [0.15, 0.2) is 5.65 Å². The SMILES string of the molecule is OCCn1ncc2c(N3CCOC(c4ccccc4)C3)ncnc21. The molecule has 124 valence electrons. The highest BCUT2D eigenvalue weighted by Gasteiger charge is 2.25. The molecule has 1 aliphatic rings. The van der Waals surface area contributed by atoms with Crippen LogP contribution in [0.15, 0.2) is 42.9 Å². The number of morpholine rings is 1. The van der Waals surface area contributed by atoms with E-state index in [1.165, 1.54) is 5.56 Å². The summed E-state index contributed by atoms with van der Waals surface area (Å²) in [7, 11) is 0. The largest absolute Gasteiger partial charge is 0.394 e. The Morgan fingerprint density at radius 1 is 1.21 bits per heavy atom. The van der Waals surface area contributed by atoms with E-state index in [2.05, 4.69) is 32.1 Å². The molecule has 0 bridgehead atoms. The molecule has 0 radical (unpaired) electrons. The molecule has 24 heavy (non-hydrogen) atoms. The molecule has 0 saturated carbocycles. The maximum absolute atomic E-state index is 9.15. The van der Waals surface area contributed by atoms with Gasteiger partial charge in [0, 0.05) is 13.1 Å². The number of aromatic nitrogens is 4. The van der Waals surface area contributed by atoms with E-state index in [4.69, 9.17) is 9.84 Å². The number of benzene rings is 1. The predicted octanol–water partition coefficient (Wildman–Crippen LogP) is 1.40. The minimum atomic E-state index is 0.0254. The number of anilines is 1. The smallest absolute Gasteiger partial charge is 0.163 e. The number of rotatable bonds is 4. The standard InChI is InChI=1S/C17H19N5O2/c23-8-6-22-17-14(10-20-22)16(18-12-19-17)21-7-9-24-15(11-21)13-4-2-1-3-5-13/h1-5,10,12,15,23H,6-9,11H2. The highest BCUT2D eigenvalue weighted by atomic mass is 16.5. The zero-order valence-corrected chi connectivity index (χ0v) is 13.2. The van der Waals surface area contributed by atoms with Crippen molar-refractivity contribution in [2.75, 3.05) is 31.2 Å². The Labute approximate surface area is 139 Å². The molecule has 1 fully saturated rings. The van der Waals surface area contributed by atoms with Gasteiger partial charge >= 0.3 is 0 Å². The average Bonchev–Trinajstić information content (AvgIpc) is 3.06. The van der Waals surface area contributed by atoms with E-state index in [1.54, 1.807) is 17.2 Å². The van der Waals surface area contributed by atoms with Crippen LogP contribution in [-0.2, 0) is 11.3 Å². The first-order valence-corrected chi connectivity index (χ1v) is 8.05. The molecule has 1 aliphatic heterocycles. The second kappa shape index (κ2) is 6.54. The van der Waals surface area contributed by atoms with Crippen LogP contribution in [0.25, 0.3) is 11.0 Å². The normalized spacial score (nSPS) is 18.2. The lowest BCUT2D eigenvalue weighted by Gasteiger charge is -2.34. The Bertz CT molecular complexity index is 820. The third-order valence-corrected chi connectivity index (χ3v) is 4.26. The monoisotopic (exact) mass is 325 g/mol. The molecule has 2 aromatic heterocycles. The van der Waals surface area contributed by atoms with Crippen LogP contribution in [0.2, 0.25) is 0 Å². The zero-order chi connectivity index (χ0) is 16.4. The first kappa shape index (κ1) is 15.0. The van der Waals surface area contributed by atoms with Gasteiger partial charge in [0.05, 0.1) is 31.3 Å². The molecule has 0 aliphatic carbocycles. The van der Waals surface area contributed by atoms with Gasteiger partial charge in [-0.1, -0.05) is 30.3 Å². The maximum atomic E-state index is 9.15. The van der Waals surface area contributed by atoms with Gasteiger partial charge in [-0.2, -0.15) is 5.10 Å². The third kappa shape index (κ3) is 2.72. The van der Waals surface area contributed by atoms with E-state index in [0.717, 1.165) is 29.9 Å². The fourth-order valence-electron chi connectivity index (χ4n) is 3.10. The van der Waals surface area contributed by atoms with Crippen LogP contribution in [0.4, 0.5) is 5.82 Å². The second-order valence-electron chi connectivity index (χ2n) is 5.74. The molecular weight excluding hydrogens is 306 g/mol. The quantitative estimate of drug-likeness (QED) is 0.781. The summed E-state index contributed by atoms with van der Waals surface area (Å²) < 4.78 is 7.64. The van der Waals surface area contributed by atoms with Gasteiger partial charge < -0.3 is 14.7 Å². The minimum Gasteiger partial charge on any atom is -0.394 e. The lowest BCUT2D eigenvalue weighted by Crippen LogP contribution is -2.39. The van der Waals surface area contributed by atoms with Crippen LogP contribution in [0.3, 0.4) is 0 Å². The van der Waals surface area contributed by atoms with Gasteiger partial charge in [-0.15, -0.1) is 0 Å². The number of aliphatic hydroxyl groups excluding tert-OH is 1. The Morgan fingerprint density at radius 2 is 2.08 bits per heavy atom. The number of hydrogen-bond donors (Lipinski definition) is 1. The molecule has 7 heteroatoms. The molecule has 1 atom stereocenters. The molecule has 0 spiro atoms. The summed E-state index contributed by atoms with van der Waals surface area (Å²) in [6.45, 7) is 2.62. The van der Waals surface area contributed by atoms with Crippen LogP contribution in [-0.4, -0.2) is 51.2 Å². The van der Waals surface area contributed by atoms with Crippen molar-refractivity contribution in [2.24, 2.45) is 0 Å². The summed E-state index contributed by atoms with van der Waals surface area (Å²) in [4.78, 5) is 11.0. The molecule has 1 saturated heterocycles. The number of aliphatic hydroxyl groups is 1. The third-order valence-electron chi connectivity index (χ3n) is 4.26. The van der Waals surface area contributed by atoms with Gasteiger partial charge in [0.25, 0.3) is 0 Å². The Balaban J connectivity index is 1.65. The molecule has 1 N–H and O–H groups in total. The first-order chi connectivity index (χ1) is 11.9. The average molecular weight is 325 g/mol. The highest BCUT2D eigenvalue weighted by Crippen LogP contribution is 2.28. The second-order valence-corrected chi connectivity index (χ2v) is 5.74. The van der Waals surface area contributed by atoms with Crippen LogP contribution in [0.1, 0.15) is 11.7 Å². The fourth-order valence-corrected chi connectivity index (χ4v) is 3.10. The highest BCUT2D eigenvalue weighted by molar-refractivity contribution is 5.86. The molecular formula is C17H19N5O2. The summed E-state index contributed by atoms with van der Waals surface area (Å²) in [6, 6.07) is 10.2. The van der Waals surface area contributed by atoms with E-state index < -0.39 is 0 Å². The molecule has 3 heterocycles. The molecule has 1 aromatic carbocycles. The number of nitrogens with zero attached hydrogens (tertiary/aromatic N) is 5. The predicted molar refractivity (Wildman–Crippen MR) is 89.8 cm³/mol. The topological polar surface area (TPSA) is 76.3 Å². The molecule has 3 aromatic rings. The molecule has 0 amide bonds. The lowest BCUT2D eigenvalue weighted by molar-refractivity contribution is 0.0396. The Kier molecular flexibility index (Phi) is 4.10. The van der Waals surface area contributed by atoms with Crippen molar-refractivity contribution in [1.82, 2.24) is 19.7 Å². The van der Waals surface area contributed by atoms with E-state index in [-0.39, 0.29) is 12.7 Å². The zero-order valence-electron chi connectivity index (χ0n) is 13.2. The van der Waals surface area contributed by atoms with E-state index in [0.29, 0.717) is 13.2 Å². The van der Waals surface area contributed by atoms with Gasteiger partial charge in [-0.3, -0.25) is 0 Å². The first-order valence-electron chi connectivity index (χ1n) is 8.05. The number of fused-ring (bicyclic) bond motifs is 1. The van der Waals surface area contributed by atoms with Crippen molar-refractivity contribution in [3.8, 4) is 0 Å². The van der Waals surface area contributed by atoms with Crippen molar-refractivity contribution in [3.05, 3.63) is 48.4 Å². The fraction of sp³-hybridized carbons (Fsp3) is 0.353. The lowest BCUT2D eigenvalue weighted by atomic mass is 10.1. The van der Waals surface area contributed by atoms with Gasteiger partial charge in [-0.25, -0.2) is 14.6 Å². The van der Waals surface area contributed by atoms with Crippen molar-refractivity contribution in [3.63, 3.8) is 0 Å². The van der Waals surface area contributed by atoms with Crippen molar-refractivity contribution < 1.29 is 9.84 Å². The van der Waals surface area contributed by atoms with E-state index >= 15 is 0 Å². The summed E-state index contributed by atoms with van der Waals surface area (Å²) in [5.41, 5.74) is 1.92. The van der Waals surface area contributed by atoms with E-state index in [1.807, 2.05) is 18.2 Å². The Hall–Kier alpha value is -2.51. The molecule has 7 nitrogen and oxygen atoms in total. The van der Waals surface area contributed by atoms with Crippen LogP contribution < -0.4 is 4.90 Å².